The van der Waals surface area contributed by atoms with Gasteiger partial charge in [0.2, 0.25) is 5.89 Å². The third-order valence-corrected chi connectivity index (χ3v) is 5.36. The molecule has 0 bridgehead atoms. The van der Waals surface area contributed by atoms with Crippen molar-refractivity contribution in [3.8, 4) is 22.6 Å². The van der Waals surface area contributed by atoms with Crippen LogP contribution in [0.15, 0.2) is 77.2 Å². The molecule has 0 saturated heterocycles. The normalized spacial score (nSPS) is 11.4. The van der Waals surface area contributed by atoms with Crippen LogP contribution >= 0.6 is 23.2 Å². The lowest BCUT2D eigenvalue weighted by atomic mass is 10.1. The van der Waals surface area contributed by atoms with Gasteiger partial charge in [-0.25, -0.2) is 4.98 Å². The molecular formula is C24H15Cl2F3N2O2. The van der Waals surface area contributed by atoms with E-state index in [-0.39, 0.29) is 18.0 Å². The first kappa shape index (κ1) is 22.9. The van der Waals surface area contributed by atoms with Crippen molar-refractivity contribution < 1.29 is 22.4 Å². The molecule has 0 radical (unpaired) electrons. The fourth-order valence-corrected chi connectivity index (χ4v) is 3.49. The number of amides is 1. The Morgan fingerprint density at radius 1 is 0.939 bits per heavy atom. The van der Waals surface area contributed by atoms with Crippen molar-refractivity contribution in [2.24, 2.45) is 0 Å². The van der Waals surface area contributed by atoms with Gasteiger partial charge in [-0.1, -0.05) is 41.4 Å². The van der Waals surface area contributed by atoms with E-state index in [0.717, 1.165) is 24.3 Å². The number of aromatic nitrogens is 1. The van der Waals surface area contributed by atoms with E-state index in [1.165, 1.54) is 0 Å². The van der Waals surface area contributed by atoms with E-state index >= 15 is 0 Å². The van der Waals surface area contributed by atoms with Crippen LogP contribution < -0.4 is 5.32 Å². The van der Waals surface area contributed by atoms with E-state index in [1.807, 2.05) is 6.07 Å². The summed E-state index contributed by atoms with van der Waals surface area (Å²) in [6, 6.07) is 18.0. The van der Waals surface area contributed by atoms with Gasteiger partial charge in [0.05, 0.1) is 17.1 Å². The Morgan fingerprint density at radius 2 is 1.61 bits per heavy atom. The Morgan fingerprint density at radius 3 is 2.24 bits per heavy atom. The van der Waals surface area contributed by atoms with Crippen molar-refractivity contribution in [2.45, 2.75) is 12.7 Å². The Kier molecular flexibility index (Phi) is 6.44. The summed E-state index contributed by atoms with van der Waals surface area (Å²) in [5.74, 6) is 0.0861. The first-order valence-electron chi connectivity index (χ1n) is 9.68. The highest BCUT2D eigenvalue weighted by molar-refractivity contribution is 6.33. The van der Waals surface area contributed by atoms with Crippen molar-refractivity contribution in [3.63, 3.8) is 0 Å². The lowest BCUT2D eigenvalue weighted by Crippen LogP contribution is -2.23. The fraction of sp³-hybridized carbons (Fsp3) is 0.0833. The molecule has 1 heterocycles. The molecule has 3 aromatic carbocycles. The van der Waals surface area contributed by atoms with Crippen LogP contribution in [0.1, 0.15) is 21.8 Å². The van der Waals surface area contributed by atoms with Gasteiger partial charge in [0.25, 0.3) is 5.91 Å². The van der Waals surface area contributed by atoms with Gasteiger partial charge < -0.3 is 9.73 Å². The number of nitrogens with one attached hydrogen (secondary N) is 1. The van der Waals surface area contributed by atoms with E-state index < -0.39 is 17.6 Å². The van der Waals surface area contributed by atoms with Crippen molar-refractivity contribution in [2.75, 3.05) is 0 Å². The van der Waals surface area contributed by atoms with Crippen molar-refractivity contribution in [3.05, 3.63) is 99.9 Å². The van der Waals surface area contributed by atoms with Crippen LogP contribution in [0, 0.1) is 0 Å². The summed E-state index contributed by atoms with van der Waals surface area (Å²) in [5.41, 5.74) is 1.10. The highest BCUT2D eigenvalue weighted by Gasteiger charge is 2.30. The summed E-state index contributed by atoms with van der Waals surface area (Å²) < 4.78 is 44.1. The van der Waals surface area contributed by atoms with Crippen LogP contribution in [0.25, 0.3) is 22.6 Å². The average Bonchev–Trinajstić information content (AvgIpc) is 3.22. The van der Waals surface area contributed by atoms with Gasteiger partial charge in [0.15, 0.2) is 5.76 Å². The molecule has 4 nitrogen and oxygen atoms in total. The van der Waals surface area contributed by atoms with Gasteiger partial charge in [0, 0.05) is 21.7 Å². The lowest BCUT2D eigenvalue weighted by Gasteiger charge is -2.07. The number of hydrogen-bond donors (Lipinski definition) is 1. The maximum atomic E-state index is 12.7. The van der Waals surface area contributed by atoms with E-state index in [1.54, 1.807) is 42.5 Å². The second kappa shape index (κ2) is 9.29. The highest BCUT2D eigenvalue weighted by atomic mass is 35.5. The quantitative estimate of drug-likeness (QED) is 0.320. The second-order valence-corrected chi connectivity index (χ2v) is 7.87. The van der Waals surface area contributed by atoms with E-state index in [0.29, 0.717) is 32.6 Å². The molecule has 9 heteroatoms. The SMILES string of the molecule is O=C(NCc1nc(-c2ccccc2Cl)c(-c2ccc(Cl)cc2)o1)c1ccc(C(F)(F)F)cc1. The molecular weight excluding hydrogens is 476 g/mol. The molecule has 0 fully saturated rings. The predicted octanol–water partition coefficient (Wildman–Crippen LogP) is 7.26. The molecule has 0 unspecified atom stereocenters. The highest BCUT2D eigenvalue weighted by Crippen LogP contribution is 2.36. The van der Waals surface area contributed by atoms with Crippen molar-refractivity contribution >= 4 is 29.1 Å². The number of carbonyl (C=O) groups is 1. The molecule has 0 spiro atoms. The largest absolute Gasteiger partial charge is 0.438 e. The molecule has 0 aliphatic carbocycles. The first-order valence-corrected chi connectivity index (χ1v) is 10.4. The third-order valence-electron chi connectivity index (χ3n) is 4.78. The Labute approximate surface area is 197 Å². The number of rotatable bonds is 5. The van der Waals surface area contributed by atoms with Gasteiger partial charge in [-0.3, -0.25) is 4.79 Å². The molecule has 4 aromatic rings. The maximum Gasteiger partial charge on any atom is 0.416 e. The van der Waals surface area contributed by atoms with Gasteiger partial charge in [-0.15, -0.1) is 0 Å². The lowest BCUT2D eigenvalue weighted by molar-refractivity contribution is -0.137. The standard InChI is InChI=1S/C24H15Cl2F3N2O2/c25-17-11-7-14(8-12-17)22-21(18-3-1-2-4-19(18)26)31-20(33-22)13-30-23(32)15-5-9-16(10-6-15)24(27,28)29/h1-12H,13H2,(H,30,32). The van der Waals surface area contributed by atoms with Crippen LogP contribution in [0.5, 0.6) is 0 Å². The van der Waals surface area contributed by atoms with E-state index in [9.17, 15) is 18.0 Å². The zero-order valence-corrected chi connectivity index (χ0v) is 18.3. The van der Waals surface area contributed by atoms with Crippen LogP contribution in [-0.2, 0) is 12.7 Å². The first-order chi connectivity index (χ1) is 15.7. The number of alkyl halides is 3. The van der Waals surface area contributed by atoms with E-state index in [2.05, 4.69) is 10.3 Å². The van der Waals surface area contributed by atoms with Crippen LogP contribution in [0.4, 0.5) is 13.2 Å². The van der Waals surface area contributed by atoms with Gasteiger partial charge >= 0.3 is 6.18 Å². The summed E-state index contributed by atoms with van der Waals surface area (Å²) in [6.07, 6.45) is -4.47. The van der Waals surface area contributed by atoms with Crippen LogP contribution in [-0.4, -0.2) is 10.9 Å². The van der Waals surface area contributed by atoms with Crippen LogP contribution in [0.2, 0.25) is 10.0 Å². The minimum atomic E-state index is -4.47. The molecule has 0 saturated carbocycles. The molecule has 33 heavy (non-hydrogen) atoms. The molecule has 0 atom stereocenters. The summed E-state index contributed by atoms with van der Waals surface area (Å²) >= 11 is 12.3. The minimum absolute atomic E-state index is 0.0785. The summed E-state index contributed by atoms with van der Waals surface area (Å²) in [7, 11) is 0. The Balaban J connectivity index is 1.59. The van der Waals surface area contributed by atoms with Gasteiger partial charge in [-0.2, -0.15) is 13.2 Å². The third kappa shape index (κ3) is 5.21. The van der Waals surface area contributed by atoms with Crippen LogP contribution in [0.3, 0.4) is 0 Å². The smallest absolute Gasteiger partial charge is 0.416 e. The van der Waals surface area contributed by atoms with Gasteiger partial charge in [0.1, 0.15) is 5.69 Å². The molecule has 4 rings (SSSR count). The molecule has 0 aliphatic rings. The zero-order chi connectivity index (χ0) is 23.6. The number of carbonyl (C=O) groups excluding carboxylic acids is 1. The number of nitrogens with zero attached hydrogens (tertiary/aromatic N) is 1. The Bertz CT molecular complexity index is 1280. The number of benzene rings is 3. The number of hydrogen-bond acceptors (Lipinski definition) is 3. The molecule has 0 aliphatic heterocycles. The minimum Gasteiger partial charge on any atom is -0.438 e. The summed E-state index contributed by atoms with van der Waals surface area (Å²) in [6.45, 7) is -0.0785. The second-order valence-electron chi connectivity index (χ2n) is 7.03. The summed E-state index contributed by atoms with van der Waals surface area (Å²) in [4.78, 5) is 16.9. The van der Waals surface area contributed by atoms with Gasteiger partial charge in [-0.05, 0) is 54.6 Å². The number of halogens is 5. The molecule has 1 N–H and O–H groups in total. The topological polar surface area (TPSA) is 55.1 Å². The van der Waals surface area contributed by atoms with Crippen molar-refractivity contribution in [1.82, 2.24) is 10.3 Å². The number of oxazole rings is 1. The molecule has 1 aromatic heterocycles. The van der Waals surface area contributed by atoms with E-state index in [4.69, 9.17) is 27.6 Å². The molecule has 1 amide bonds. The van der Waals surface area contributed by atoms with Crippen molar-refractivity contribution in [1.29, 1.82) is 0 Å². The summed E-state index contributed by atoms with van der Waals surface area (Å²) in [5, 5.41) is 3.64. The monoisotopic (exact) mass is 490 g/mol. The zero-order valence-electron chi connectivity index (χ0n) is 16.8. The average molecular weight is 491 g/mol. The maximum absolute atomic E-state index is 12.7. The fourth-order valence-electron chi connectivity index (χ4n) is 3.14. The predicted molar refractivity (Wildman–Crippen MR) is 120 cm³/mol. The molecule has 168 valence electrons. The Hall–Kier alpha value is -3.29.